The van der Waals surface area contributed by atoms with Crippen LogP contribution < -0.4 is 0 Å². The SMILES string of the molecule is BrC(Br)=C1C2C3C4C1C1C2C2C5C(=C(Br)Br)C(C32)C4C51. The predicted molar refractivity (Wildman–Crippen MR) is 91.6 cm³/mol. The standard InChI is InChI=1S/C16H12Br4/c17-15(18)13-9-1-2-4-6(9)8-7-5(3(1)11(8)13)10(2)14(12(4)7)16(19)20/h1-12H. The molecule has 8 saturated carbocycles. The highest BCUT2D eigenvalue weighted by Crippen LogP contribution is 2.95. The lowest BCUT2D eigenvalue weighted by atomic mass is 9.80. The highest BCUT2D eigenvalue weighted by Gasteiger charge is 2.91. The monoisotopic (exact) mass is 520 g/mol. The molecule has 0 atom stereocenters. The summed E-state index contributed by atoms with van der Waals surface area (Å²) in [6, 6.07) is 0. The number of hydrogen-bond donors (Lipinski definition) is 0. The van der Waals surface area contributed by atoms with Crippen LogP contribution in [-0.2, 0) is 0 Å². The fourth-order valence-corrected chi connectivity index (χ4v) is 11.6. The third-order valence-electron chi connectivity index (χ3n) is 8.75. The average Bonchev–Trinajstić information content (AvgIpc) is 3.07. The number of rotatable bonds is 0. The van der Waals surface area contributed by atoms with E-state index in [1.54, 1.807) is 0 Å². The quantitative estimate of drug-likeness (QED) is 0.394. The normalized spacial score (nSPS) is 70.8. The lowest BCUT2D eigenvalue weighted by molar-refractivity contribution is 0.220. The maximum absolute atomic E-state index is 3.79. The fourth-order valence-electron chi connectivity index (χ4n) is 9.52. The first-order chi connectivity index (χ1) is 9.64. The van der Waals surface area contributed by atoms with Crippen LogP contribution in [0.5, 0.6) is 0 Å². The Morgan fingerprint density at radius 2 is 0.650 bits per heavy atom. The predicted octanol–water partition coefficient (Wildman–Crippen LogP) is 5.48. The van der Waals surface area contributed by atoms with Crippen LogP contribution >= 0.6 is 63.7 Å². The molecule has 8 aliphatic rings. The molecule has 8 aliphatic carbocycles. The molecule has 0 aromatic heterocycles. The molecule has 4 bridgehead atoms. The highest BCUT2D eigenvalue weighted by molar-refractivity contribution is 9.28. The second-order valence-corrected chi connectivity index (χ2v) is 13.5. The van der Waals surface area contributed by atoms with Gasteiger partial charge in [-0.2, -0.15) is 0 Å². The molecule has 4 heteroatoms. The van der Waals surface area contributed by atoms with Crippen molar-refractivity contribution in [1.29, 1.82) is 0 Å². The van der Waals surface area contributed by atoms with Gasteiger partial charge in [-0.25, -0.2) is 0 Å². The lowest BCUT2D eigenvalue weighted by Crippen LogP contribution is -2.21. The maximum atomic E-state index is 3.79. The maximum Gasteiger partial charge on any atom is 0.0602 e. The van der Waals surface area contributed by atoms with Gasteiger partial charge in [0.25, 0.3) is 0 Å². The average molecular weight is 524 g/mol. The summed E-state index contributed by atoms with van der Waals surface area (Å²) in [7, 11) is 0. The number of hydrogen-bond acceptors (Lipinski definition) is 0. The number of allylic oxidation sites excluding steroid dienone is 2. The van der Waals surface area contributed by atoms with Crippen LogP contribution in [0.15, 0.2) is 17.9 Å². The van der Waals surface area contributed by atoms with Crippen molar-refractivity contribution in [2.75, 3.05) is 0 Å². The first-order valence-corrected chi connectivity index (χ1v) is 10.9. The van der Waals surface area contributed by atoms with Gasteiger partial charge in [0.15, 0.2) is 0 Å². The van der Waals surface area contributed by atoms with Crippen molar-refractivity contribution >= 4 is 63.7 Å². The smallest absolute Gasteiger partial charge is 0.0426 e. The summed E-state index contributed by atoms with van der Waals surface area (Å²) in [5.74, 6) is 12.2. The van der Waals surface area contributed by atoms with E-state index in [4.69, 9.17) is 0 Å². The van der Waals surface area contributed by atoms with E-state index in [0.29, 0.717) is 0 Å². The molecule has 0 saturated heterocycles. The molecule has 0 amide bonds. The van der Waals surface area contributed by atoms with Crippen LogP contribution in [0, 0.1) is 71.0 Å². The Bertz CT molecular complexity index is 520. The van der Waals surface area contributed by atoms with Crippen LogP contribution in [0.4, 0.5) is 0 Å². The van der Waals surface area contributed by atoms with Crippen molar-refractivity contribution in [3.63, 3.8) is 0 Å². The van der Waals surface area contributed by atoms with Gasteiger partial charge in [0.05, 0.1) is 6.78 Å². The molecular formula is C16H12Br4. The van der Waals surface area contributed by atoms with E-state index in [-0.39, 0.29) is 0 Å². The zero-order valence-electron chi connectivity index (χ0n) is 10.4. The van der Waals surface area contributed by atoms with E-state index in [2.05, 4.69) is 63.7 Å². The molecule has 0 aliphatic heterocycles. The molecule has 0 aromatic rings. The first-order valence-electron chi connectivity index (χ1n) is 7.74. The molecule has 104 valence electrons. The van der Waals surface area contributed by atoms with Gasteiger partial charge in [0.1, 0.15) is 0 Å². The van der Waals surface area contributed by atoms with Gasteiger partial charge in [0, 0.05) is 0 Å². The van der Waals surface area contributed by atoms with Crippen molar-refractivity contribution < 1.29 is 0 Å². The van der Waals surface area contributed by atoms with Crippen molar-refractivity contribution in [1.82, 2.24) is 0 Å². The molecule has 8 fully saturated rings. The molecule has 0 radical (unpaired) electrons. The van der Waals surface area contributed by atoms with E-state index in [0.717, 1.165) is 71.0 Å². The number of halogens is 4. The Hall–Kier alpha value is 1.40. The summed E-state index contributed by atoms with van der Waals surface area (Å²) >= 11 is 15.2. The van der Waals surface area contributed by atoms with Crippen molar-refractivity contribution in [3.8, 4) is 0 Å². The topological polar surface area (TPSA) is 0 Å². The van der Waals surface area contributed by atoms with Crippen LogP contribution in [-0.4, -0.2) is 0 Å². The van der Waals surface area contributed by atoms with Crippen molar-refractivity contribution in [2.45, 2.75) is 0 Å². The van der Waals surface area contributed by atoms with Gasteiger partial charge in [0.2, 0.25) is 0 Å². The molecule has 0 aromatic carbocycles. The fraction of sp³-hybridized carbons (Fsp3) is 0.750. The molecule has 0 spiro atoms. The molecule has 8 rings (SSSR count). The Balaban J connectivity index is 1.58. The molecular weight excluding hydrogens is 512 g/mol. The summed E-state index contributed by atoms with van der Waals surface area (Å²) in [6.45, 7) is 0. The largest absolute Gasteiger partial charge is 0.0602 e. The van der Waals surface area contributed by atoms with E-state index in [9.17, 15) is 0 Å². The van der Waals surface area contributed by atoms with Gasteiger partial charge in [-0.3, -0.25) is 0 Å². The second kappa shape index (κ2) is 3.15. The first kappa shape index (κ1) is 11.9. The zero-order valence-corrected chi connectivity index (χ0v) is 16.8. The Morgan fingerprint density at radius 3 is 0.800 bits per heavy atom. The van der Waals surface area contributed by atoms with Gasteiger partial charge in [-0.05, 0) is 146 Å². The zero-order chi connectivity index (χ0) is 13.2. The van der Waals surface area contributed by atoms with Gasteiger partial charge in [-0.15, -0.1) is 0 Å². The summed E-state index contributed by atoms with van der Waals surface area (Å²) in [5.41, 5.74) is 3.63. The molecule has 0 nitrogen and oxygen atoms in total. The van der Waals surface area contributed by atoms with Gasteiger partial charge in [-0.1, -0.05) is 0 Å². The lowest BCUT2D eigenvalue weighted by Gasteiger charge is -2.24. The minimum atomic E-state index is 0.955. The minimum absolute atomic E-state index is 0.955. The molecule has 0 unspecified atom stereocenters. The Morgan fingerprint density at radius 1 is 0.450 bits per heavy atom. The van der Waals surface area contributed by atoms with Crippen LogP contribution in [0.2, 0.25) is 0 Å². The van der Waals surface area contributed by atoms with Gasteiger partial charge < -0.3 is 0 Å². The van der Waals surface area contributed by atoms with Crippen molar-refractivity contribution in [3.05, 3.63) is 17.9 Å². The van der Waals surface area contributed by atoms with Crippen LogP contribution in [0.3, 0.4) is 0 Å². The highest BCUT2D eigenvalue weighted by atomic mass is 79.9. The Labute approximate surface area is 151 Å². The Kier molecular flexibility index (Phi) is 1.87. The summed E-state index contributed by atoms with van der Waals surface area (Å²) in [5, 5.41) is 0. The van der Waals surface area contributed by atoms with E-state index in [1.165, 1.54) is 6.78 Å². The summed E-state index contributed by atoms with van der Waals surface area (Å²) < 4.78 is 2.66. The van der Waals surface area contributed by atoms with E-state index >= 15 is 0 Å². The van der Waals surface area contributed by atoms with E-state index in [1.807, 2.05) is 11.1 Å². The second-order valence-electron chi connectivity index (χ2n) is 8.15. The van der Waals surface area contributed by atoms with E-state index < -0.39 is 0 Å². The minimum Gasteiger partial charge on any atom is -0.0426 e. The molecule has 0 N–H and O–H groups in total. The van der Waals surface area contributed by atoms with Crippen LogP contribution in [0.1, 0.15) is 0 Å². The van der Waals surface area contributed by atoms with Gasteiger partial charge >= 0.3 is 0 Å². The molecule has 0 heterocycles. The molecule has 20 heavy (non-hydrogen) atoms. The third-order valence-corrected chi connectivity index (χ3v) is 10.6. The summed E-state index contributed by atoms with van der Waals surface area (Å²) in [6.07, 6.45) is 0. The summed E-state index contributed by atoms with van der Waals surface area (Å²) in [4.78, 5) is 0. The van der Waals surface area contributed by atoms with Crippen molar-refractivity contribution in [2.24, 2.45) is 71.0 Å². The van der Waals surface area contributed by atoms with Crippen LogP contribution in [0.25, 0.3) is 0 Å². The third kappa shape index (κ3) is 0.822.